The Bertz CT molecular complexity index is 773. The van der Waals surface area contributed by atoms with Crippen molar-refractivity contribution >= 4 is 5.78 Å². The van der Waals surface area contributed by atoms with E-state index in [1.165, 1.54) is 5.56 Å². The number of likely N-dealkylation sites (tertiary alicyclic amines) is 1. The summed E-state index contributed by atoms with van der Waals surface area (Å²) in [6.07, 6.45) is 2.79. The molecule has 4 heteroatoms. The molecule has 0 unspecified atom stereocenters. The van der Waals surface area contributed by atoms with Crippen molar-refractivity contribution in [2.24, 2.45) is 11.8 Å². The van der Waals surface area contributed by atoms with Gasteiger partial charge in [0.15, 0.2) is 5.78 Å². The Kier molecular flexibility index (Phi) is 5.02. The molecule has 1 saturated heterocycles. The van der Waals surface area contributed by atoms with Crippen molar-refractivity contribution < 1.29 is 15.0 Å². The highest BCUT2D eigenvalue weighted by Crippen LogP contribution is 2.45. The fourth-order valence-corrected chi connectivity index (χ4v) is 4.95. The molecule has 2 fully saturated rings. The third-order valence-electron chi connectivity index (χ3n) is 6.05. The molecule has 4 nitrogen and oxygen atoms in total. The standard InChI is InChI=1S/C23H27NO3/c25-21-8-6-17(7-9-21)10-22(26)16-24-14-19-12-23(27,13-20(19)15-24)11-18-4-2-1-3-5-18/h1-9,19-20,25,27H,10-16H2/t19-,20+,23+. The van der Waals surface area contributed by atoms with Crippen LogP contribution in [0.15, 0.2) is 54.6 Å². The van der Waals surface area contributed by atoms with Crippen LogP contribution in [0.2, 0.25) is 0 Å². The van der Waals surface area contributed by atoms with E-state index in [1.54, 1.807) is 24.3 Å². The largest absolute Gasteiger partial charge is 0.508 e. The zero-order valence-corrected chi connectivity index (χ0v) is 15.6. The number of hydrogen-bond acceptors (Lipinski definition) is 4. The number of ketones is 1. The van der Waals surface area contributed by atoms with E-state index < -0.39 is 5.60 Å². The van der Waals surface area contributed by atoms with Crippen molar-refractivity contribution in [1.82, 2.24) is 4.90 Å². The van der Waals surface area contributed by atoms with Crippen LogP contribution in [0.4, 0.5) is 0 Å². The molecular formula is C23H27NO3. The summed E-state index contributed by atoms with van der Waals surface area (Å²) in [5, 5.41) is 20.4. The number of phenolic OH excluding ortho intramolecular Hbond substituents is 1. The molecule has 0 amide bonds. The smallest absolute Gasteiger partial charge is 0.151 e. The summed E-state index contributed by atoms with van der Waals surface area (Å²) in [4.78, 5) is 14.6. The van der Waals surface area contributed by atoms with E-state index in [2.05, 4.69) is 17.0 Å². The predicted molar refractivity (Wildman–Crippen MR) is 105 cm³/mol. The molecule has 0 radical (unpaired) electrons. The second-order valence-electron chi connectivity index (χ2n) is 8.39. The van der Waals surface area contributed by atoms with Gasteiger partial charge in [0, 0.05) is 25.9 Å². The number of nitrogens with zero attached hydrogens (tertiary/aromatic N) is 1. The molecular weight excluding hydrogens is 338 g/mol. The van der Waals surface area contributed by atoms with E-state index in [-0.39, 0.29) is 11.5 Å². The SMILES string of the molecule is O=C(Cc1ccc(O)cc1)CN1C[C@@H]2C[C@](O)(Cc3ccccc3)C[C@@H]2C1. The molecule has 0 bridgehead atoms. The number of rotatable bonds is 6. The number of Topliss-reactive ketones (excluding diaryl/α,β-unsaturated/α-hetero) is 1. The van der Waals surface area contributed by atoms with Gasteiger partial charge in [0.2, 0.25) is 0 Å². The number of aliphatic hydroxyl groups is 1. The highest BCUT2D eigenvalue weighted by atomic mass is 16.3. The fraction of sp³-hybridized carbons (Fsp3) is 0.435. The summed E-state index contributed by atoms with van der Waals surface area (Å²) in [7, 11) is 0. The number of benzene rings is 2. The Morgan fingerprint density at radius 3 is 2.22 bits per heavy atom. The Balaban J connectivity index is 1.28. The summed E-state index contributed by atoms with van der Waals surface area (Å²) in [5.41, 5.74) is 1.54. The maximum Gasteiger partial charge on any atom is 0.151 e. The van der Waals surface area contributed by atoms with E-state index in [4.69, 9.17) is 0 Å². The molecule has 4 rings (SSSR count). The number of carbonyl (C=O) groups excluding carboxylic acids is 1. The van der Waals surface area contributed by atoms with Crippen LogP contribution in [-0.4, -0.2) is 46.1 Å². The van der Waals surface area contributed by atoms with Crippen LogP contribution in [0, 0.1) is 11.8 Å². The van der Waals surface area contributed by atoms with Crippen molar-refractivity contribution in [3.8, 4) is 5.75 Å². The molecule has 1 heterocycles. The second-order valence-corrected chi connectivity index (χ2v) is 8.39. The normalized spacial score (nSPS) is 27.6. The van der Waals surface area contributed by atoms with Crippen LogP contribution >= 0.6 is 0 Å². The lowest BCUT2D eigenvalue weighted by Gasteiger charge is -2.26. The topological polar surface area (TPSA) is 60.8 Å². The minimum absolute atomic E-state index is 0.209. The molecule has 0 spiro atoms. The van der Waals surface area contributed by atoms with Gasteiger partial charge in [-0.2, -0.15) is 0 Å². The molecule has 3 atom stereocenters. The Labute approximate surface area is 160 Å². The van der Waals surface area contributed by atoms with Gasteiger partial charge in [-0.1, -0.05) is 42.5 Å². The van der Waals surface area contributed by atoms with Gasteiger partial charge < -0.3 is 10.2 Å². The fourth-order valence-electron chi connectivity index (χ4n) is 4.95. The first-order valence-corrected chi connectivity index (χ1v) is 9.77. The Hall–Kier alpha value is -2.17. The van der Waals surface area contributed by atoms with E-state index in [0.29, 0.717) is 24.8 Å². The van der Waals surface area contributed by atoms with E-state index in [1.807, 2.05) is 18.2 Å². The minimum atomic E-state index is -0.598. The quantitative estimate of drug-likeness (QED) is 0.826. The monoisotopic (exact) mass is 365 g/mol. The molecule has 2 N–H and O–H groups in total. The zero-order valence-electron chi connectivity index (χ0n) is 15.6. The molecule has 2 aromatic carbocycles. The van der Waals surface area contributed by atoms with E-state index in [0.717, 1.165) is 37.9 Å². The summed E-state index contributed by atoms with van der Waals surface area (Å²) in [5.74, 6) is 1.40. The first-order chi connectivity index (χ1) is 13.0. The number of carbonyl (C=O) groups is 1. The van der Waals surface area contributed by atoms with Crippen LogP contribution in [0.5, 0.6) is 5.75 Å². The molecule has 142 valence electrons. The van der Waals surface area contributed by atoms with Gasteiger partial charge in [0.1, 0.15) is 5.75 Å². The van der Waals surface area contributed by atoms with Gasteiger partial charge in [0.05, 0.1) is 12.1 Å². The maximum absolute atomic E-state index is 12.4. The number of aromatic hydroxyl groups is 1. The summed E-state index contributed by atoms with van der Waals surface area (Å²) in [6.45, 7) is 2.29. The second kappa shape index (κ2) is 7.45. The van der Waals surface area contributed by atoms with Gasteiger partial charge >= 0.3 is 0 Å². The van der Waals surface area contributed by atoms with Crippen molar-refractivity contribution in [2.45, 2.75) is 31.3 Å². The minimum Gasteiger partial charge on any atom is -0.508 e. The first-order valence-electron chi connectivity index (χ1n) is 9.77. The van der Waals surface area contributed by atoms with E-state index in [9.17, 15) is 15.0 Å². The number of fused-ring (bicyclic) bond motifs is 1. The molecule has 2 aliphatic rings. The lowest BCUT2D eigenvalue weighted by Crippen LogP contribution is -2.34. The van der Waals surface area contributed by atoms with Crippen molar-refractivity contribution in [1.29, 1.82) is 0 Å². The highest BCUT2D eigenvalue weighted by Gasteiger charge is 2.48. The molecule has 1 saturated carbocycles. The van der Waals surface area contributed by atoms with Crippen LogP contribution in [0.25, 0.3) is 0 Å². The van der Waals surface area contributed by atoms with E-state index >= 15 is 0 Å². The average Bonchev–Trinajstić information content (AvgIpc) is 3.11. The summed E-state index contributed by atoms with van der Waals surface area (Å²) < 4.78 is 0. The maximum atomic E-state index is 12.4. The lowest BCUT2D eigenvalue weighted by atomic mass is 9.91. The number of hydrogen-bond donors (Lipinski definition) is 2. The van der Waals surface area contributed by atoms with Gasteiger partial charge in [-0.3, -0.25) is 9.69 Å². The Morgan fingerprint density at radius 1 is 0.963 bits per heavy atom. The van der Waals surface area contributed by atoms with Gasteiger partial charge in [-0.05, 0) is 47.9 Å². The van der Waals surface area contributed by atoms with Crippen molar-refractivity contribution in [3.05, 3.63) is 65.7 Å². The first kappa shape index (κ1) is 18.2. The van der Waals surface area contributed by atoms with Crippen LogP contribution in [0.3, 0.4) is 0 Å². The molecule has 27 heavy (non-hydrogen) atoms. The van der Waals surface area contributed by atoms with Gasteiger partial charge in [-0.25, -0.2) is 0 Å². The third kappa shape index (κ3) is 4.40. The van der Waals surface area contributed by atoms with Crippen LogP contribution in [0.1, 0.15) is 24.0 Å². The zero-order chi connectivity index (χ0) is 18.9. The van der Waals surface area contributed by atoms with Crippen molar-refractivity contribution in [2.75, 3.05) is 19.6 Å². The summed E-state index contributed by atoms with van der Waals surface area (Å²) in [6, 6.07) is 17.1. The molecule has 2 aromatic rings. The lowest BCUT2D eigenvalue weighted by molar-refractivity contribution is -0.119. The summed E-state index contributed by atoms with van der Waals surface area (Å²) >= 11 is 0. The molecule has 1 aliphatic carbocycles. The van der Waals surface area contributed by atoms with Crippen LogP contribution < -0.4 is 0 Å². The third-order valence-corrected chi connectivity index (χ3v) is 6.05. The molecule has 0 aromatic heterocycles. The Morgan fingerprint density at radius 2 is 1.59 bits per heavy atom. The van der Waals surface area contributed by atoms with Crippen LogP contribution in [-0.2, 0) is 17.6 Å². The number of phenols is 1. The highest BCUT2D eigenvalue weighted by molar-refractivity contribution is 5.82. The van der Waals surface area contributed by atoms with Crippen molar-refractivity contribution in [3.63, 3.8) is 0 Å². The predicted octanol–water partition coefficient (Wildman–Crippen LogP) is 2.82. The average molecular weight is 365 g/mol. The van der Waals surface area contributed by atoms with Gasteiger partial charge in [0.25, 0.3) is 0 Å². The molecule has 1 aliphatic heterocycles. The van der Waals surface area contributed by atoms with Gasteiger partial charge in [-0.15, -0.1) is 0 Å².